The monoisotopic (exact) mass is 228 g/mol. The minimum absolute atomic E-state index is 0.0135. The van der Waals surface area contributed by atoms with Crippen molar-refractivity contribution in [2.45, 2.75) is 0 Å². The third-order valence-corrected chi connectivity index (χ3v) is 2.65. The Kier molecular flexibility index (Phi) is 2.88. The van der Waals surface area contributed by atoms with Gasteiger partial charge in [0.2, 0.25) is 5.91 Å². The molecular weight excluding hydrogens is 219 g/mol. The first kappa shape index (κ1) is 10.4. The maximum Gasteiger partial charge on any atom is 0.230 e. The molecule has 0 bridgehead atoms. The van der Waals surface area contributed by atoms with Crippen LogP contribution in [0.1, 0.15) is 0 Å². The molecule has 0 aromatic heterocycles. The molecule has 15 heavy (non-hydrogen) atoms. The highest BCUT2D eigenvalue weighted by Gasteiger charge is 2.25. The summed E-state index contributed by atoms with van der Waals surface area (Å²) in [4.78, 5) is 11.5. The van der Waals surface area contributed by atoms with Crippen molar-refractivity contribution in [1.82, 2.24) is 5.32 Å². The Morgan fingerprint density at radius 3 is 2.87 bits per heavy atom. The molecule has 3 nitrogen and oxygen atoms in total. The Bertz CT molecular complexity index is 393. The summed E-state index contributed by atoms with van der Waals surface area (Å²) >= 11 is 5.59. The quantitative estimate of drug-likeness (QED) is 0.808. The Balaban J connectivity index is 2.09. The molecule has 0 unspecified atom stereocenters. The maximum atomic E-state index is 13.4. The lowest BCUT2D eigenvalue weighted by atomic mass is 10.0. The van der Waals surface area contributed by atoms with Crippen molar-refractivity contribution in [2.75, 3.05) is 18.4 Å². The van der Waals surface area contributed by atoms with E-state index in [1.165, 1.54) is 12.1 Å². The van der Waals surface area contributed by atoms with Crippen LogP contribution >= 0.6 is 11.6 Å². The van der Waals surface area contributed by atoms with E-state index in [0.29, 0.717) is 13.1 Å². The highest BCUT2D eigenvalue weighted by molar-refractivity contribution is 6.31. The molecule has 0 spiro atoms. The minimum Gasteiger partial charge on any atom is -0.323 e. The van der Waals surface area contributed by atoms with Gasteiger partial charge in [0.25, 0.3) is 0 Å². The highest BCUT2D eigenvalue weighted by atomic mass is 35.5. The van der Waals surface area contributed by atoms with E-state index in [1.807, 2.05) is 0 Å². The third kappa shape index (κ3) is 2.11. The van der Waals surface area contributed by atoms with Crippen LogP contribution in [0.5, 0.6) is 0 Å². The summed E-state index contributed by atoms with van der Waals surface area (Å²) in [6.07, 6.45) is 0. The SMILES string of the molecule is O=C(Nc1cccc(Cl)c1F)C1CNC1. The Hall–Kier alpha value is -1.13. The molecule has 1 aromatic rings. The molecule has 80 valence electrons. The molecule has 1 aliphatic rings. The molecule has 2 rings (SSSR count). The smallest absolute Gasteiger partial charge is 0.230 e. The average Bonchev–Trinajstić information content (AvgIpc) is 2.10. The zero-order chi connectivity index (χ0) is 10.8. The van der Waals surface area contributed by atoms with Crippen molar-refractivity contribution in [1.29, 1.82) is 0 Å². The van der Waals surface area contributed by atoms with Crippen LogP contribution < -0.4 is 10.6 Å². The zero-order valence-electron chi connectivity index (χ0n) is 7.89. The third-order valence-electron chi connectivity index (χ3n) is 2.36. The fourth-order valence-electron chi connectivity index (χ4n) is 1.31. The maximum absolute atomic E-state index is 13.4. The summed E-state index contributed by atoms with van der Waals surface area (Å²) in [6, 6.07) is 4.53. The lowest BCUT2D eigenvalue weighted by molar-refractivity contribution is -0.121. The zero-order valence-corrected chi connectivity index (χ0v) is 8.64. The molecule has 1 amide bonds. The van der Waals surface area contributed by atoms with Gasteiger partial charge in [-0.1, -0.05) is 17.7 Å². The molecule has 1 aromatic carbocycles. The van der Waals surface area contributed by atoms with Gasteiger partial charge >= 0.3 is 0 Å². The molecule has 0 radical (unpaired) electrons. The summed E-state index contributed by atoms with van der Waals surface area (Å²) in [5, 5.41) is 5.50. The van der Waals surface area contributed by atoms with Crippen LogP contribution in [0.3, 0.4) is 0 Å². The van der Waals surface area contributed by atoms with Crippen LogP contribution in [0.25, 0.3) is 0 Å². The van der Waals surface area contributed by atoms with Crippen LogP contribution in [0.2, 0.25) is 5.02 Å². The van der Waals surface area contributed by atoms with E-state index in [2.05, 4.69) is 10.6 Å². The Labute approximate surface area is 91.6 Å². The summed E-state index contributed by atoms with van der Waals surface area (Å²) in [7, 11) is 0. The first-order chi connectivity index (χ1) is 7.18. The van der Waals surface area contributed by atoms with Gasteiger partial charge in [-0.25, -0.2) is 4.39 Å². The summed E-state index contributed by atoms with van der Waals surface area (Å²) < 4.78 is 13.4. The molecule has 5 heteroatoms. The average molecular weight is 229 g/mol. The fraction of sp³-hybridized carbons (Fsp3) is 0.300. The molecule has 1 saturated heterocycles. The molecule has 1 fully saturated rings. The number of nitrogens with one attached hydrogen (secondary N) is 2. The Morgan fingerprint density at radius 2 is 2.27 bits per heavy atom. The predicted molar refractivity (Wildman–Crippen MR) is 56.4 cm³/mol. The van der Waals surface area contributed by atoms with E-state index in [-0.39, 0.29) is 22.5 Å². The van der Waals surface area contributed by atoms with E-state index in [9.17, 15) is 9.18 Å². The highest BCUT2D eigenvalue weighted by Crippen LogP contribution is 2.22. The van der Waals surface area contributed by atoms with Crippen molar-refractivity contribution in [3.8, 4) is 0 Å². The van der Waals surface area contributed by atoms with E-state index < -0.39 is 5.82 Å². The van der Waals surface area contributed by atoms with Gasteiger partial charge in [0.15, 0.2) is 5.82 Å². The molecule has 0 saturated carbocycles. The second kappa shape index (κ2) is 4.16. The van der Waals surface area contributed by atoms with Crippen LogP contribution in [0, 0.1) is 11.7 Å². The van der Waals surface area contributed by atoms with Crippen LogP contribution in [-0.4, -0.2) is 19.0 Å². The van der Waals surface area contributed by atoms with Gasteiger partial charge in [0, 0.05) is 13.1 Å². The van der Waals surface area contributed by atoms with Gasteiger partial charge < -0.3 is 10.6 Å². The van der Waals surface area contributed by atoms with Gasteiger partial charge in [0.1, 0.15) is 0 Å². The first-order valence-electron chi connectivity index (χ1n) is 4.64. The standard InChI is InChI=1S/C10H10ClFN2O/c11-7-2-1-3-8(9(7)12)14-10(15)6-4-13-5-6/h1-3,6,13H,4-5H2,(H,14,15). The number of carbonyl (C=O) groups is 1. The molecule has 0 aliphatic carbocycles. The van der Waals surface area contributed by atoms with Crippen molar-refractivity contribution in [3.05, 3.63) is 29.0 Å². The number of rotatable bonds is 2. The van der Waals surface area contributed by atoms with Crippen LogP contribution in [0.15, 0.2) is 18.2 Å². The lowest BCUT2D eigenvalue weighted by Gasteiger charge is -2.25. The van der Waals surface area contributed by atoms with Gasteiger partial charge in [-0.3, -0.25) is 4.79 Å². The Morgan fingerprint density at radius 1 is 1.53 bits per heavy atom. The van der Waals surface area contributed by atoms with Crippen LogP contribution in [-0.2, 0) is 4.79 Å². The lowest BCUT2D eigenvalue weighted by Crippen LogP contribution is -2.48. The summed E-state index contributed by atoms with van der Waals surface area (Å²) in [5.41, 5.74) is 0.138. The largest absolute Gasteiger partial charge is 0.323 e. The van der Waals surface area contributed by atoms with Crippen LogP contribution in [0.4, 0.5) is 10.1 Å². The predicted octanol–water partition coefficient (Wildman–Crippen LogP) is 1.64. The topological polar surface area (TPSA) is 41.1 Å². The molecule has 1 heterocycles. The molecule has 2 N–H and O–H groups in total. The normalized spacial score (nSPS) is 15.9. The van der Waals surface area contributed by atoms with Gasteiger partial charge in [-0.05, 0) is 12.1 Å². The summed E-state index contributed by atoms with van der Waals surface area (Å²) in [5.74, 6) is -0.821. The summed E-state index contributed by atoms with van der Waals surface area (Å²) in [6.45, 7) is 1.29. The van der Waals surface area contributed by atoms with Gasteiger partial charge in [-0.15, -0.1) is 0 Å². The number of amides is 1. The van der Waals surface area contributed by atoms with Crippen molar-refractivity contribution >= 4 is 23.2 Å². The van der Waals surface area contributed by atoms with Gasteiger partial charge in [-0.2, -0.15) is 0 Å². The number of carbonyl (C=O) groups excluding carboxylic acids is 1. The van der Waals surface area contributed by atoms with Crippen molar-refractivity contribution in [3.63, 3.8) is 0 Å². The number of anilines is 1. The van der Waals surface area contributed by atoms with Gasteiger partial charge in [0.05, 0.1) is 16.6 Å². The van der Waals surface area contributed by atoms with E-state index in [0.717, 1.165) is 0 Å². The number of halogens is 2. The van der Waals surface area contributed by atoms with E-state index in [1.54, 1.807) is 6.07 Å². The molecular formula is C10H10ClFN2O. The van der Waals surface area contributed by atoms with E-state index in [4.69, 9.17) is 11.6 Å². The molecule has 0 atom stereocenters. The number of benzene rings is 1. The number of hydrogen-bond acceptors (Lipinski definition) is 2. The van der Waals surface area contributed by atoms with Crippen molar-refractivity contribution in [2.24, 2.45) is 5.92 Å². The van der Waals surface area contributed by atoms with Crippen molar-refractivity contribution < 1.29 is 9.18 Å². The first-order valence-corrected chi connectivity index (χ1v) is 5.02. The minimum atomic E-state index is -0.584. The van der Waals surface area contributed by atoms with E-state index >= 15 is 0 Å². The second-order valence-corrected chi connectivity index (χ2v) is 3.85. The fourth-order valence-corrected chi connectivity index (χ4v) is 1.48. The molecule has 1 aliphatic heterocycles. The second-order valence-electron chi connectivity index (χ2n) is 3.45. The number of hydrogen-bond donors (Lipinski definition) is 2.